The van der Waals surface area contributed by atoms with Crippen molar-refractivity contribution in [1.29, 1.82) is 0 Å². The van der Waals surface area contributed by atoms with E-state index in [2.05, 4.69) is 31.5 Å². The molecule has 0 amide bonds. The minimum Gasteiger partial charge on any atom is -0.756 e. The van der Waals surface area contributed by atoms with Gasteiger partial charge in [-0.05, 0) is 0 Å². The highest BCUT2D eigenvalue weighted by atomic mass is 31.3. The van der Waals surface area contributed by atoms with E-state index in [9.17, 15) is 66.2 Å². The van der Waals surface area contributed by atoms with Crippen LogP contribution in [0.5, 0.6) is 0 Å². The third-order valence-corrected chi connectivity index (χ3v) is 8.35. The Morgan fingerprint density at radius 3 is 0.675 bits per heavy atom. The van der Waals surface area contributed by atoms with Crippen molar-refractivity contribution >= 4 is 54.8 Å². The van der Waals surface area contributed by atoms with Gasteiger partial charge in [-0.2, -0.15) is 0 Å². The van der Waals surface area contributed by atoms with Crippen LogP contribution in [0.25, 0.3) is 0 Å². The standard InChI is InChI=1S/C6H19O27P7/c7-34(8,9)27-1-2(28-35(10,11)12)4(30-37(16,17)18)6(32-40(25,26)33-39(22,23)24)5(31-38(19,20)21)3(1)29-36(13,14)15/h1-6H,(H,25,26)(H2,7,8,9)(H2,10,11,12)(H2,13,14,15)(H2,16,17,18)(H2,19,20,21)(H2,22,23,24)/p-7/t1?,2-,3-,4-,5+,6?/m1/s1. The highest BCUT2D eigenvalue weighted by Gasteiger charge is 2.59. The van der Waals surface area contributed by atoms with Gasteiger partial charge in [-0.3, -0.25) is 32.0 Å². The number of hydrogen-bond acceptors (Lipinski definition) is 21. The predicted molar refractivity (Wildman–Crippen MR) is 96.9 cm³/mol. The van der Waals surface area contributed by atoms with Crippen molar-refractivity contribution in [2.45, 2.75) is 36.6 Å². The fourth-order valence-corrected chi connectivity index (χ4v) is 7.35. The molecule has 34 heteroatoms. The molecule has 0 heterocycles. The molecule has 0 bridgehead atoms. The number of phosphoric acid groups is 7. The quantitative estimate of drug-likeness (QED) is 0.0903. The maximum Gasteiger partial charge on any atom is 0.274 e. The van der Waals surface area contributed by atoms with E-state index in [1.54, 1.807) is 0 Å². The van der Waals surface area contributed by atoms with Crippen LogP contribution in [-0.4, -0.2) is 66.0 Å². The molecule has 0 aliphatic heterocycles. The summed E-state index contributed by atoms with van der Waals surface area (Å²) in [5.74, 6) is 0. The molecule has 1 aliphatic carbocycles. The molecule has 0 aromatic heterocycles. The third kappa shape index (κ3) is 15.0. The van der Waals surface area contributed by atoms with E-state index in [0.29, 0.717) is 0 Å². The fourth-order valence-electron chi connectivity index (χ4n) is 2.91. The lowest BCUT2D eigenvalue weighted by Crippen LogP contribution is -2.67. The van der Waals surface area contributed by atoms with Gasteiger partial charge in [-0.15, -0.1) is 0 Å². The summed E-state index contributed by atoms with van der Waals surface area (Å²) in [6.45, 7) is 0. The summed E-state index contributed by atoms with van der Waals surface area (Å²) >= 11 is 0. The van der Waals surface area contributed by atoms with Crippen LogP contribution in [0.15, 0.2) is 0 Å². The van der Waals surface area contributed by atoms with Gasteiger partial charge in [-0.1, -0.05) is 0 Å². The summed E-state index contributed by atoms with van der Waals surface area (Å²) in [6, 6.07) is 0. The molecular weight excluding hydrogens is 721 g/mol. The van der Waals surface area contributed by atoms with Crippen molar-refractivity contribution in [3.05, 3.63) is 0 Å². The molecule has 0 aromatic carbocycles. The Kier molecular flexibility index (Phi) is 12.7. The van der Waals surface area contributed by atoms with Gasteiger partial charge < -0.3 is 90.8 Å². The van der Waals surface area contributed by atoms with E-state index in [4.69, 9.17) is 29.4 Å². The van der Waals surface area contributed by atoms with Crippen LogP contribution in [0.4, 0.5) is 0 Å². The van der Waals surface area contributed by atoms with Crippen LogP contribution < -0.4 is 34.3 Å². The van der Waals surface area contributed by atoms with E-state index in [1.807, 2.05) is 0 Å². The monoisotopic (exact) mass is 733 g/mol. The zero-order valence-corrected chi connectivity index (χ0v) is 24.1. The normalized spacial score (nSPS) is 36.4. The lowest BCUT2D eigenvalue weighted by Gasteiger charge is -2.52. The maximum absolute atomic E-state index is 12.0. The van der Waals surface area contributed by atoms with Crippen molar-refractivity contribution in [3.8, 4) is 0 Å². The SMILES string of the molecule is O=P([O-])(O)OC1[C@@H](OP(=O)([O-])O)[C@H](OP(=O)([O-])O)C(OP(=O)([O-])OP(=O)([O-])O)[C@H](OP(=O)([O-])O)[C@@H]1OP(=O)([O-])O. The average Bonchev–Trinajstić information content (AvgIpc) is 2.57. The molecule has 0 aromatic rings. The van der Waals surface area contributed by atoms with E-state index >= 15 is 0 Å². The molecule has 1 aliphatic rings. The van der Waals surface area contributed by atoms with Crippen molar-refractivity contribution in [2.75, 3.05) is 0 Å². The second kappa shape index (κ2) is 13.0. The minimum absolute atomic E-state index is 3.09. The van der Waals surface area contributed by atoms with Crippen molar-refractivity contribution < 1.29 is 127 Å². The second-order valence-electron chi connectivity index (χ2n) is 6.76. The molecular formula is C6H12O27P7-7. The molecule has 6 N–H and O–H groups in total. The number of hydrogen-bond donors (Lipinski definition) is 6. The third-order valence-electron chi connectivity index (χ3n) is 3.67. The van der Waals surface area contributed by atoms with Gasteiger partial charge in [0.05, 0.1) is 0 Å². The van der Waals surface area contributed by atoms with E-state index in [-0.39, 0.29) is 0 Å². The lowest BCUT2D eigenvalue weighted by molar-refractivity contribution is -0.297. The Hall–Kier alpha value is 0.810. The smallest absolute Gasteiger partial charge is 0.274 e. The predicted octanol–water partition coefficient (Wildman–Crippen LogP) is -7.44. The first-order valence-corrected chi connectivity index (χ1v) is 19.1. The zero-order valence-electron chi connectivity index (χ0n) is 17.9. The fraction of sp³-hybridized carbons (Fsp3) is 1.00. The first-order valence-electron chi connectivity index (χ1n) is 8.63. The van der Waals surface area contributed by atoms with Crippen LogP contribution in [0.3, 0.4) is 0 Å². The highest BCUT2D eigenvalue weighted by Crippen LogP contribution is 2.58. The molecule has 9 unspecified atom stereocenters. The first-order chi connectivity index (χ1) is 17.3. The van der Waals surface area contributed by atoms with Crippen LogP contribution in [0.2, 0.25) is 0 Å². The summed E-state index contributed by atoms with van der Waals surface area (Å²) in [7, 11) is -45.7. The van der Waals surface area contributed by atoms with Gasteiger partial charge in [-0.25, -0.2) is 4.31 Å². The Balaban J connectivity index is 4.13. The highest BCUT2D eigenvalue weighted by molar-refractivity contribution is 7.59. The van der Waals surface area contributed by atoms with Crippen LogP contribution in [-0.2, 0) is 63.4 Å². The molecule has 1 saturated carbocycles. The van der Waals surface area contributed by atoms with E-state index in [1.165, 1.54) is 0 Å². The molecule has 240 valence electrons. The largest absolute Gasteiger partial charge is 0.756 e. The van der Waals surface area contributed by atoms with Crippen molar-refractivity contribution in [2.24, 2.45) is 0 Å². The van der Waals surface area contributed by atoms with E-state index in [0.717, 1.165) is 0 Å². The Bertz CT molecular complexity index is 1160. The van der Waals surface area contributed by atoms with Gasteiger partial charge in [0.15, 0.2) is 0 Å². The minimum atomic E-state index is -6.82. The van der Waals surface area contributed by atoms with Gasteiger partial charge >= 0.3 is 0 Å². The summed E-state index contributed by atoms with van der Waals surface area (Å²) in [5.41, 5.74) is 0. The van der Waals surface area contributed by atoms with E-state index < -0.39 is 91.4 Å². The number of phosphoric ester groups is 6. The Morgan fingerprint density at radius 1 is 0.350 bits per heavy atom. The van der Waals surface area contributed by atoms with Gasteiger partial charge in [0.1, 0.15) is 36.6 Å². The summed E-state index contributed by atoms with van der Waals surface area (Å²) in [5, 5.41) is 0. The molecule has 0 radical (unpaired) electrons. The van der Waals surface area contributed by atoms with Crippen molar-refractivity contribution in [1.82, 2.24) is 0 Å². The molecule has 0 spiro atoms. The van der Waals surface area contributed by atoms with Crippen LogP contribution in [0.1, 0.15) is 0 Å². The molecule has 1 fully saturated rings. The lowest BCUT2D eigenvalue weighted by atomic mass is 9.85. The Morgan fingerprint density at radius 2 is 0.525 bits per heavy atom. The molecule has 40 heavy (non-hydrogen) atoms. The maximum atomic E-state index is 12.0. The second-order valence-corrected chi connectivity index (χ2v) is 15.2. The first kappa shape index (κ1) is 38.8. The molecule has 1 rings (SSSR count). The zero-order chi connectivity index (χ0) is 31.9. The summed E-state index contributed by atoms with van der Waals surface area (Å²) < 4.78 is 106. The Labute approximate surface area is 219 Å². The van der Waals surface area contributed by atoms with Gasteiger partial charge in [0.2, 0.25) is 0 Å². The molecule has 13 atom stereocenters. The average molecular weight is 733 g/mol. The number of rotatable bonds is 14. The molecule has 27 nitrogen and oxygen atoms in total. The molecule has 0 saturated heterocycles. The van der Waals surface area contributed by atoms with Crippen LogP contribution in [0, 0.1) is 0 Å². The topological polar surface area (TPSA) is 467 Å². The van der Waals surface area contributed by atoms with Crippen molar-refractivity contribution in [3.63, 3.8) is 0 Å². The summed E-state index contributed by atoms with van der Waals surface area (Å²) in [6.07, 6.45) is -21.3. The summed E-state index contributed by atoms with van der Waals surface area (Å²) in [4.78, 5) is 133. The van der Waals surface area contributed by atoms with Gasteiger partial charge in [0.25, 0.3) is 54.8 Å². The van der Waals surface area contributed by atoms with Gasteiger partial charge in [0, 0.05) is 0 Å². The van der Waals surface area contributed by atoms with Crippen LogP contribution >= 0.6 is 54.8 Å².